The largest absolute Gasteiger partial charge is 0.460 e. The molecule has 1 N–H and O–H groups in total. The van der Waals surface area contributed by atoms with E-state index >= 15 is 0 Å². The predicted molar refractivity (Wildman–Crippen MR) is 71.0 cm³/mol. The Hall–Kier alpha value is -1.36. The van der Waals surface area contributed by atoms with Crippen LogP contribution in [-0.2, 0) is 6.42 Å². The Bertz CT molecular complexity index is 510. The molecule has 90 valence electrons. The number of anilines is 1. The highest BCUT2D eigenvalue weighted by Gasteiger charge is 2.12. The molecule has 0 atom stereocenters. The standard InChI is InChI=1S/C12H14BrN3O/c1-3-8-7-10(14-4-2)16-12(15-8)11-9(13)5-6-17-11/h5-7H,3-4H2,1-2H3,(H,14,15,16). The van der Waals surface area contributed by atoms with Crippen molar-refractivity contribution >= 4 is 21.7 Å². The first-order chi connectivity index (χ1) is 8.24. The molecule has 0 bridgehead atoms. The summed E-state index contributed by atoms with van der Waals surface area (Å²) in [6, 6.07) is 3.80. The van der Waals surface area contributed by atoms with Gasteiger partial charge >= 0.3 is 0 Å². The maximum atomic E-state index is 5.38. The third kappa shape index (κ3) is 2.66. The molecular weight excluding hydrogens is 282 g/mol. The Labute approximate surface area is 109 Å². The van der Waals surface area contributed by atoms with Crippen LogP contribution in [0.15, 0.2) is 27.3 Å². The molecule has 0 aliphatic heterocycles. The van der Waals surface area contributed by atoms with E-state index in [0.717, 1.165) is 29.0 Å². The van der Waals surface area contributed by atoms with Gasteiger partial charge in [-0.2, -0.15) is 0 Å². The third-order valence-electron chi connectivity index (χ3n) is 2.32. The van der Waals surface area contributed by atoms with Crippen LogP contribution in [0.4, 0.5) is 5.82 Å². The van der Waals surface area contributed by atoms with E-state index in [9.17, 15) is 0 Å². The highest BCUT2D eigenvalue weighted by molar-refractivity contribution is 9.10. The Morgan fingerprint density at radius 3 is 2.76 bits per heavy atom. The lowest BCUT2D eigenvalue weighted by Crippen LogP contribution is -2.03. The molecule has 0 aliphatic rings. The van der Waals surface area contributed by atoms with Gasteiger partial charge in [0.15, 0.2) is 11.6 Å². The minimum atomic E-state index is 0.608. The number of furan rings is 1. The molecule has 0 fully saturated rings. The molecule has 0 aromatic carbocycles. The van der Waals surface area contributed by atoms with Gasteiger partial charge in [-0.1, -0.05) is 6.92 Å². The molecular formula is C12H14BrN3O. The summed E-state index contributed by atoms with van der Waals surface area (Å²) in [5.74, 6) is 2.11. The first kappa shape index (κ1) is 12.1. The summed E-state index contributed by atoms with van der Waals surface area (Å²) < 4.78 is 6.25. The minimum Gasteiger partial charge on any atom is -0.460 e. The molecule has 0 radical (unpaired) electrons. The summed E-state index contributed by atoms with van der Waals surface area (Å²) in [4.78, 5) is 8.89. The lowest BCUT2D eigenvalue weighted by molar-refractivity contribution is 0.575. The summed E-state index contributed by atoms with van der Waals surface area (Å²) in [7, 11) is 0. The molecule has 0 saturated heterocycles. The fourth-order valence-corrected chi connectivity index (χ4v) is 1.88. The molecule has 0 unspecified atom stereocenters. The van der Waals surface area contributed by atoms with Gasteiger partial charge in [-0.05, 0) is 35.3 Å². The summed E-state index contributed by atoms with van der Waals surface area (Å²) in [5.41, 5.74) is 0.995. The van der Waals surface area contributed by atoms with Gasteiger partial charge in [0.05, 0.1) is 10.7 Å². The van der Waals surface area contributed by atoms with Crippen molar-refractivity contribution in [3.8, 4) is 11.6 Å². The number of nitrogens with one attached hydrogen (secondary N) is 1. The van der Waals surface area contributed by atoms with Crippen LogP contribution in [-0.4, -0.2) is 16.5 Å². The van der Waals surface area contributed by atoms with Gasteiger partial charge in [-0.15, -0.1) is 0 Å². The van der Waals surface area contributed by atoms with E-state index in [4.69, 9.17) is 4.42 Å². The molecule has 2 heterocycles. The van der Waals surface area contributed by atoms with Crippen molar-refractivity contribution < 1.29 is 4.42 Å². The van der Waals surface area contributed by atoms with Crippen molar-refractivity contribution in [2.75, 3.05) is 11.9 Å². The molecule has 4 nitrogen and oxygen atoms in total. The van der Waals surface area contributed by atoms with E-state index in [2.05, 4.69) is 38.1 Å². The van der Waals surface area contributed by atoms with Crippen molar-refractivity contribution in [1.82, 2.24) is 9.97 Å². The van der Waals surface area contributed by atoms with Crippen molar-refractivity contribution in [3.63, 3.8) is 0 Å². The smallest absolute Gasteiger partial charge is 0.199 e. The van der Waals surface area contributed by atoms with Crippen LogP contribution in [0.5, 0.6) is 0 Å². The number of halogens is 1. The van der Waals surface area contributed by atoms with E-state index in [1.807, 2.05) is 19.1 Å². The zero-order valence-electron chi connectivity index (χ0n) is 9.83. The van der Waals surface area contributed by atoms with Crippen molar-refractivity contribution in [2.24, 2.45) is 0 Å². The average molecular weight is 296 g/mol. The van der Waals surface area contributed by atoms with Crippen LogP contribution in [0.25, 0.3) is 11.6 Å². The van der Waals surface area contributed by atoms with Crippen LogP contribution in [0.1, 0.15) is 19.5 Å². The number of rotatable bonds is 4. The average Bonchev–Trinajstić information content (AvgIpc) is 2.75. The van der Waals surface area contributed by atoms with E-state index in [0.29, 0.717) is 11.6 Å². The predicted octanol–water partition coefficient (Wildman–Crippen LogP) is 3.49. The Balaban J connectivity index is 2.46. The van der Waals surface area contributed by atoms with Gasteiger partial charge in [0.1, 0.15) is 5.82 Å². The van der Waals surface area contributed by atoms with Crippen molar-refractivity contribution in [2.45, 2.75) is 20.3 Å². The monoisotopic (exact) mass is 295 g/mol. The normalized spacial score (nSPS) is 10.5. The Morgan fingerprint density at radius 1 is 1.35 bits per heavy atom. The second-order valence-electron chi connectivity index (χ2n) is 3.55. The topological polar surface area (TPSA) is 51.0 Å². The molecule has 0 amide bonds. The van der Waals surface area contributed by atoms with Crippen LogP contribution >= 0.6 is 15.9 Å². The van der Waals surface area contributed by atoms with Crippen molar-refractivity contribution in [3.05, 3.63) is 28.6 Å². The molecule has 0 spiro atoms. The Kier molecular flexibility index (Phi) is 3.78. The van der Waals surface area contributed by atoms with Gasteiger partial charge in [0, 0.05) is 18.3 Å². The molecule has 2 rings (SSSR count). The number of hydrogen-bond donors (Lipinski definition) is 1. The summed E-state index contributed by atoms with van der Waals surface area (Å²) in [6.45, 7) is 4.94. The van der Waals surface area contributed by atoms with Crippen LogP contribution in [0.2, 0.25) is 0 Å². The lowest BCUT2D eigenvalue weighted by Gasteiger charge is -2.06. The molecule has 0 saturated carbocycles. The van der Waals surface area contributed by atoms with Gasteiger partial charge < -0.3 is 9.73 Å². The fraction of sp³-hybridized carbons (Fsp3) is 0.333. The first-order valence-corrected chi connectivity index (χ1v) is 6.39. The maximum Gasteiger partial charge on any atom is 0.199 e. The Morgan fingerprint density at radius 2 is 2.18 bits per heavy atom. The summed E-state index contributed by atoms with van der Waals surface area (Å²) >= 11 is 3.42. The number of nitrogens with zero attached hydrogens (tertiary/aromatic N) is 2. The maximum absolute atomic E-state index is 5.38. The molecule has 17 heavy (non-hydrogen) atoms. The van der Waals surface area contributed by atoms with Crippen molar-refractivity contribution in [1.29, 1.82) is 0 Å². The second kappa shape index (κ2) is 5.31. The van der Waals surface area contributed by atoms with Gasteiger partial charge in [-0.25, -0.2) is 9.97 Å². The zero-order valence-corrected chi connectivity index (χ0v) is 11.4. The van der Waals surface area contributed by atoms with Gasteiger partial charge in [0.2, 0.25) is 0 Å². The second-order valence-corrected chi connectivity index (χ2v) is 4.40. The fourth-order valence-electron chi connectivity index (χ4n) is 1.51. The van der Waals surface area contributed by atoms with Gasteiger partial charge in [0.25, 0.3) is 0 Å². The highest BCUT2D eigenvalue weighted by Crippen LogP contribution is 2.27. The summed E-state index contributed by atoms with van der Waals surface area (Å²) in [5, 5.41) is 3.20. The van der Waals surface area contributed by atoms with E-state index in [1.165, 1.54) is 0 Å². The number of aromatic nitrogens is 2. The molecule has 2 aromatic rings. The zero-order chi connectivity index (χ0) is 12.3. The summed E-state index contributed by atoms with van der Waals surface area (Å²) in [6.07, 6.45) is 2.49. The number of hydrogen-bond acceptors (Lipinski definition) is 4. The molecule has 0 aliphatic carbocycles. The molecule has 5 heteroatoms. The first-order valence-electron chi connectivity index (χ1n) is 5.59. The number of aryl methyl sites for hydroxylation is 1. The van der Waals surface area contributed by atoms with Crippen LogP contribution in [0.3, 0.4) is 0 Å². The molecule has 2 aromatic heterocycles. The highest BCUT2D eigenvalue weighted by atomic mass is 79.9. The lowest BCUT2D eigenvalue weighted by atomic mass is 10.3. The van der Waals surface area contributed by atoms with E-state index < -0.39 is 0 Å². The SMILES string of the molecule is CCNc1cc(CC)nc(-c2occc2Br)n1. The minimum absolute atomic E-state index is 0.608. The van der Waals surface area contributed by atoms with E-state index in [1.54, 1.807) is 6.26 Å². The van der Waals surface area contributed by atoms with Crippen LogP contribution < -0.4 is 5.32 Å². The van der Waals surface area contributed by atoms with Gasteiger partial charge in [-0.3, -0.25) is 0 Å². The quantitative estimate of drug-likeness (QED) is 0.938. The van der Waals surface area contributed by atoms with E-state index in [-0.39, 0.29) is 0 Å². The third-order valence-corrected chi connectivity index (χ3v) is 2.94. The van der Waals surface area contributed by atoms with Crippen LogP contribution in [0, 0.1) is 0 Å².